The van der Waals surface area contributed by atoms with Gasteiger partial charge in [0.25, 0.3) is 11.6 Å². The second kappa shape index (κ2) is 5.80. The third-order valence-electron chi connectivity index (χ3n) is 3.21. The fraction of sp³-hybridized carbons (Fsp3) is 0. The summed E-state index contributed by atoms with van der Waals surface area (Å²) in [5, 5.41) is 33.4. The Balaban J connectivity index is 2.03. The molecule has 3 rings (SSSR count). The number of carboxylic acid groups (broad SMARTS) is 1. The molecule has 0 unspecified atom stereocenters. The van der Waals surface area contributed by atoms with Gasteiger partial charge in [0.1, 0.15) is 5.75 Å². The third-order valence-corrected chi connectivity index (χ3v) is 3.21. The summed E-state index contributed by atoms with van der Waals surface area (Å²) < 4.78 is 5.05. The number of non-ortho nitro benzene ring substituents is 1. The van der Waals surface area contributed by atoms with Crippen LogP contribution in [0.3, 0.4) is 0 Å². The fourth-order valence-electron chi connectivity index (χ4n) is 2.05. The lowest BCUT2D eigenvalue weighted by atomic mass is 10.1. The molecule has 0 saturated heterocycles. The summed E-state index contributed by atoms with van der Waals surface area (Å²) in [6, 6.07) is 9.27. The molecule has 3 aromatic rings. The standard InChI is InChI=1S/C15H9N3O6/c19-12-5-4-9(15(20)21)7-11(12)13-16-14(24-17-13)8-2-1-3-10(6-8)18(22)23/h1-7,19H,(H,20,21). The summed E-state index contributed by atoms with van der Waals surface area (Å²) in [5.41, 5.74) is 0.222. The number of aromatic nitrogens is 2. The molecule has 9 nitrogen and oxygen atoms in total. The maximum absolute atomic E-state index is 11.0. The van der Waals surface area contributed by atoms with Crippen molar-refractivity contribution in [2.24, 2.45) is 0 Å². The summed E-state index contributed by atoms with van der Waals surface area (Å²) in [6.07, 6.45) is 0. The quantitative estimate of drug-likeness (QED) is 0.550. The van der Waals surface area contributed by atoms with Crippen LogP contribution in [0, 0.1) is 10.1 Å². The molecule has 0 amide bonds. The monoisotopic (exact) mass is 327 g/mol. The molecular formula is C15H9N3O6. The van der Waals surface area contributed by atoms with Crippen molar-refractivity contribution in [1.29, 1.82) is 0 Å². The first kappa shape index (κ1) is 15.2. The van der Waals surface area contributed by atoms with Crippen LogP contribution >= 0.6 is 0 Å². The van der Waals surface area contributed by atoms with Crippen LogP contribution in [-0.2, 0) is 0 Å². The number of carbonyl (C=O) groups is 1. The number of aromatic hydroxyl groups is 1. The molecule has 2 N–H and O–H groups in total. The molecule has 2 aromatic carbocycles. The minimum atomic E-state index is -1.17. The normalized spacial score (nSPS) is 10.5. The molecule has 9 heteroatoms. The molecule has 0 atom stereocenters. The fourth-order valence-corrected chi connectivity index (χ4v) is 2.05. The van der Waals surface area contributed by atoms with Crippen molar-refractivity contribution < 1.29 is 24.5 Å². The average Bonchev–Trinajstić information content (AvgIpc) is 3.05. The van der Waals surface area contributed by atoms with Crippen LogP contribution in [0.2, 0.25) is 0 Å². The molecule has 0 saturated carbocycles. The highest BCUT2D eigenvalue weighted by Gasteiger charge is 2.17. The van der Waals surface area contributed by atoms with Gasteiger partial charge < -0.3 is 14.7 Å². The van der Waals surface area contributed by atoms with Crippen molar-refractivity contribution >= 4 is 11.7 Å². The Labute approximate surface area is 133 Å². The summed E-state index contributed by atoms with van der Waals surface area (Å²) in [4.78, 5) is 25.3. The zero-order chi connectivity index (χ0) is 17.3. The number of nitrogens with zero attached hydrogens (tertiary/aromatic N) is 3. The van der Waals surface area contributed by atoms with Crippen molar-refractivity contribution in [3.8, 4) is 28.6 Å². The molecule has 0 radical (unpaired) electrons. The minimum Gasteiger partial charge on any atom is -0.507 e. The van der Waals surface area contributed by atoms with Crippen LogP contribution in [0.1, 0.15) is 10.4 Å². The van der Waals surface area contributed by atoms with Gasteiger partial charge in [-0.3, -0.25) is 10.1 Å². The van der Waals surface area contributed by atoms with E-state index in [1.54, 1.807) is 6.07 Å². The molecule has 1 aromatic heterocycles. The van der Waals surface area contributed by atoms with Crippen molar-refractivity contribution in [3.63, 3.8) is 0 Å². The second-order valence-corrected chi connectivity index (χ2v) is 4.77. The topological polar surface area (TPSA) is 140 Å². The Morgan fingerprint density at radius 2 is 2.00 bits per heavy atom. The molecule has 0 spiro atoms. The highest BCUT2D eigenvalue weighted by Crippen LogP contribution is 2.30. The number of phenolic OH excluding ortho intramolecular Hbond substituents is 1. The van der Waals surface area contributed by atoms with Gasteiger partial charge in [-0.1, -0.05) is 11.2 Å². The number of aromatic carboxylic acids is 1. The molecule has 0 fully saturated rings. The zero-order valence-electron chi connectivity index (χ0n) is 11.9. The first-order valence-electron chi connectivity index (χ1n) is 6.61. The number of benzene rings is 2. The van der Waals surface area contributed by atoms with Crippen molar-refractivity contribution in [3.05, 3.63) is 58.1 Å². The number of phenols is 1. The van der Waals surface area contributed by atoms with E-state index in [4.69, 9.17) is 9.63 Å². The average molecular weight is 327 g/mol. The first-order chi connectivity index (χ1) is 11.5. The highest BCUT2D eigenvalue weighted by molar-refractivity contribution is 5.90. The van der Waals surface area contributed by atoms with E-state index in [-0.39, 0.29) is 34.3 Å². The number of hydrogen-bond acceptors (Lipinski definition) is 7. The van der Waals surface area contributed by atoms with Gasteiger partial charge in [0.05, 0.1) is 16.1 Å². The molecule has 0 bridgehead atoms. The molecule has 0 aliphatic carbocycles. The van der Waals surface area contributed by atoms with Crippen molar-refractivity contribution in [1.82, 2.24) is 10.1 Å². The van der Waals surface area contributed by atoms with E-state index < -0.39 is 10.9 Å². The second-order valence-electron chi connectivity index (χ2n) is 4.77. The van der Waals surface area contributed by atoms with Gasteiger partial charge in [-0.15, -0.1) is 0 Å². The van der Waals surface area contributed by atoms with Crippen LogP contribution < -0.4 is 0 Å². The Morgan fingerprint density at radius 1 is 1.21 bits per heavy atom. The molecular weight excluding hydrogens is 318 g/mol. The van der Waals surface area contributed by atoms with E-state index in [2.05, 4.69) is 10.1 Å². The number of nitro benzene ring substituents is 1. The molecule has 0 aliphatic rings. The van der Waals surface area contributed by atoms with Gasteiger partial charge >= 0.3 is 5.97 Å². The maximum Gasteiger partial charge on any atom is 0.335 e. The Morgan fingerprint density at radius 3 is 2.71 bits per heavy atom. The van der Waals surface area contributed by atoms with Crippen molar-refractivity contribution in [2.45, 2.75) is 0 Å². The molecule has 1 heterocycles. The lowest BCUT2D eigenvalue weighted by molar-refractivity contribution is -0.384. The first-order valence-corrected chi connectivity index (χ1v) is 6.61. The van der Waals surface area contributed by atoms with E-state index in [0.29, 0.717) is 5.56 Å². The zero-order valence-corrected chi connectivity index (χ0v) is 11.9. The smallest absolute Gasteiger partial charge is 0.335 e. The van der Waals surface area contributed by atoms with Gasteiger partial charge in [0.2, 0.25) is 5.82 Å². The summed E-state index contributed by atoms with van der Waals surface area (Å²) in [5.74, 6) is -1.41. The molecule has 0 aliphatic heterocycles. The number of carboxylic acids is 1. The van der Waals surface area contributed by atoms with E-state index in [9.17, 15) is 20.0 Å². The Kier molecular flexibility index (Phi) is 3.66. The van der Waals surface area contributed by atoms with E-state index >= 15 is 0 Å². The minimum absolute atomic E-state index is 0.00817. The van der Waals surface area contributed by atoms with Crippen molar-refractivity contribution in [2.75, 3.05) is 0 Å². The summed E-state index contributed by atoms with van der Waals surface area (Å²) >= 11 is 0. The maximum atomic E-state index is 11.0. The van der Waals surface area contributed by atoms with Crippen LogP contribution in [-0.4, -0.2) is 31.2 Å². The summed E-state index contributed by atoms with van der Waals surface area (Å²) in [6.45, 7) is 0. The lowest BCUT2D eigenvalue weighted by Crippen LogP contribution is -1.96. The van der Waals surface area contributed by atoms with E-state index in [1.165, 1.54) is 36.4 Å². The van der Waals surface area contributed by atoms with Crippen LogP contribution in [0.5, 0.6) is 5.75 Å². The van der Waals surface area contributed by atoms with Gasteiger partial charge in [0, 0.05) is 17.7 Å². The SMILES string of the molecule is O=C(O)c1ccc(O)c(-c2noc(-c3cccc([N+](=O)[O-])c3)n2)c1. The Bertz CT molecular complexity index is 950. The van der Waals surface area contributed by atoms with Gasteiger partial charge in [-0.25, -0.2) is 4.79 Å². The third kappa shape index (κ3) is 2.77. The van der Waals surface area contributed by atoms with Crippen LogP contribution in [0.15, 0.2) is 47.0 Å². The van der Waals surface area contributed by atoms with E-state index in [0.717, 1.165) is 0 Å². The number of nitro groups is 1. The Hall–Kier alpha value is -3.75. The number of hydrogen-bond donors (Lipinski definition) is 2. The highest BCUT2D eigenvalue weighted by atomic mass is 16.6. The van der Waals surface area contributed by atoms with Gasteiger partial charge in [-0.2, -0.15) is 4.98 Å². The predicted octanol–water partition coefficient (Wildman–Crippen LogP) is 2.72. The summed E-state index contributed by atoms with van der Waals surface area (Å²) in [7, 11) is 0. The molecule has 24 heavy (non-hydrogen) atoms. The van der Waals surface area contributed by atoms with Crippen LogP contribution in [0.25, 0.3) is 22.8 Å². The van der Waals surface area contributed by atoms with Gasteiger partial charge in [0.15, 0.2) is 0 Å². The van der Waals surface area contributed by atoms with Crippen LogP contribution in [0.4, 0.5) is 5.69 Å². The van der Waals surface area contributed by atoms with E-state index in [1.807, 2.05) is 0 Å². The number of rotatable bonds is 4. The largest absolute Gasteiger partial charge is 0.507 e. The van der Waals surface area contributed by atoms with Gasteiger partial charge in [-0.05, 0) is 24.3 Å². The lowest BCUT2D eigenvalue weighted by Gasteiger charge is -2.01. The molecule has 120 valence electrons. The predicted molar refractivity (Wildman–Crippen MR) is 80.4 cm³/mol.